The summed E-state index contributed by atoms with van der Waals surface area (Å²) in [6, 6.07) is 0. The van der Waals surface area contributed by atoms with Crippen molar-refractivity contribution in [2.75, 3.05) is 0 Å². The van der Waals surface area contributed by atoms with E-state index in [1.807, 2.05) is 0 Å². The maximum Gasteiger partial charge on any atom is 0.0687 e. The van der Waals surface area contributed by atoms with Gasteiger partial charge in [-0.25, -0.2) is 0 Å². The average Bonchev–Trinajstić information content (AvgIpc) is 2.14. The smallest absolute Gasteiger partial charge is 0.0687 e. The van der Waals surface area contributed by atoms with Crippen molar-refractivity contribution in [2.24, 2.45) is 0 Å². The van der Waals surface area contributed by atoms with E-state index in [2.05, 4.69) is 48.5 Å². The lowest BCUT2D eigenvalue weighted by Gasteiger charge is -2.28. The summed E-state index contributed by atoms with van der Waals surface area (Å²) in [4.78, 5) is 0. The van der Waals surface area contributed by atoms with Crippen molar-refractivity contribution >= 4 is 0 Å². The summed E-state index contributed by atoms with van der Waals surface area (Å²) in [6.07, 6.45) is 0. The van der Waals surface area contributed by atoms with Crippen LogP contribution in [0, 0.1) is 27.7 Å². The van der Waals surface area contributed by atoms with Gasteiger partial charge in [0.15, 0.2) is 0 Å². The lowest BCUT2D eigenvalue weighted by atomic mass is 9.77. The van der Waals surface area contributed by atoms with Gasteiger partial charge >= 0.3 is 0 Å². The van der Waals surface area contributed by atoms with Gasteiger partial charge in [-0.2, -0.15) is 0 Å². The van der Waals surface area contributed by atoms with Crippen molar-refractivity contribution in [3.8, 4) is 0 Å². The third-order valence-corrected chi connectivity index (χ3v) is 3.69. The highest BCUT2D eigenvalue weighted by atomic mass is 16.3. The van der Waals surface area contributed by atoms with Gasteiger partial charge in [0, 0.05) is 0 Å². The van der Waals surface area contributed by atoms with Crippen molar-refractivity contribution in [2.45, 2.75) is 60.5 Å². The summed E-state index contributed by atoms with van der Waals surface area (Å²) in [5.41, 5.74) is 7.85. The maximum absolute atomic E-state index is 9.44. The molecular weight excluding hydrogens is 196 g/mol. The van der Waals surface area contributed by atoms with Crippen LogP contribution in [0.4, 0.5) is 0 Å². The lowest BCUT2D eigenvalue weighted by molar-refractivity contribution is 0.280. The lowest BCUT2D eigenvalue weighted by Crippen LogP contribution is -2.18. The highest BCUT2D eigenvalue weighted by molar-refractivity contribution is 5.52. The normalized spacial score (nSPS) is 12.0. The SMILES string of the molecule is Cc1c(C)c(C(C)(C)C)c(C)c(C)c1CO. The summed E-state index contributed by atoms with van der Waals surface area (Å²) in [5.74, 6) is 0. The molecule has 0 aromatic heterocycles. The second-order valence-electron chi connectivity index (χ2n) is 5.76. The van der Waals surface area contributed by atoms with Crippen LogP contribution in [0.5, 0.6) is 0 Å². The summed E-state index contributed by atoms with van der Waals surface area (Å²) >= 11 is 0. The van der Waals surface area contributed by atoms with Crippen LogP contribution in [0.15, 0.2) is 0 Å². The number of aliphatic hydroxyl groups is 1. The molecule has 0 heterocycles. The fourth-order valence-corrected chi connectivity index (χ4v) is 2.75. The van der Waals surface area contributed by atoms with E-state index in [1.165, 1.54) is 27.8 Å². The number of benzene rings is 1. The largest absolute Gasteiger partial charge is 0.392 e. The van der Waals surface area contributed by atoms with Gasteiger partial charge in [0.1, 0.15) is 0 Å². The molecule has 0 bridgehead atoms. The predicted molar refractivity (Wildman–Crippen MR) is 70.0 cm³/mol. The molecule has 1 rings (SSSR count). The fraction of sp³-hybridized carbons (Fsp3) is 0.600. The minimum Gasteiger partial charge on any atom is -0.392 e. The molecule has 1 heteroatoms. The van der Waals surface area contributed by atoms with Crippen LogP contribution in [-0.4, -0.2) is 5.11 Å². The average molecular weight is 220 g/mol. The third-order valence-electron chi connectivity index (χ3n) is 3.69. The van der Waals surface area contributed by atoms with E-state index in [0.29, 0.717) is 0 Å². The van der Waals surface area contributed by atoms with Gasteiger partial charge in [-0.1, -0.05) is 20.8 Å². The first-order valence-corrected chi connectivity index (χ1v) is 5.92. The Labute approximate surface area is 99.5 Å². The molecule has 1 aromatic rings. The van der Waals surface area contributed by atoms with Crippen LogP contribution in [0.3, 0.4) is 0 Å². The van der Waals surface area contributed by atoms with E-state index < -0.39 is 0 Å². The number of hydrogen-bond donors (Lipinski definition) is 1. The standard InChI is InChI=1S/C15H24O/c1-9-11(3)14(15(5,6)7)12(4)10(2)13(9)8-16/h16H,8H2,1-7H3. The Kier molecular flexibility index (Phi) is 3.49. The maximum atomic E-state index is 9.44. The van der Waals surface area contributed by atoms with E-state index in [9.17, 15) is 5.11 Å². The minimum atomic E-state index is 0.143. The summed E-state index contributed by atoms with van der Waals surface area (Å²) in [6.45, 7) is 15.5. The predicted octanol–water partition coefficient (Wildman–Crippen LogP) is 3.71. The van der Waals surface area contributed by atoms with Gasteiger partial charge in [-0.15, -0.1) is 0 Å². The van der Waals surface area contributed by atoms with E-state index in [-0.39, 0.29) is 12.0 Å². The fourth-order valence-electron chi connectivity index (χ4n) is 2.75. The van der Waals surface area contributed by atoms with Crippen LogP contribution < -0.4 is 0 Å². The number of hydrogen-bond acceptors (Lipinski definition) is 1. The zero-order chi connectivity index (χ0) is 12.7. The van der Waals surface area contributed by atoms with Crippen LogP contribution in [0.2, 0.25) is 0 Å². The Hall–Kier alpha value is -0.820. The Morgan fingerprint density at radius 2 is 1.19 bits per heavy atom. The first-order valence-electron chi connectivity index (χ1n) is 5.92. The zero-order valence-electron chi connectivity index (χ0n) is 11.7. The number of aliphatic hydroxyl groups excluding tert-OH is 1. The highest BCUT2D eigenvalue weighted by Crippen LogP contribution is 2.34. The topological polar surface area (TPSA) is 20.2 Å². The molecule has 0 atom stereocenters. The van der Waals surface area contributed by atoms with E-state index in [4.69, 9.17) is 0 Å². The highest BCUT2D eigenvalue weighted by Gasteiger charge is 2.23. The van der Waals surface area contributed by atoms with Crippen LogP contribution in [-0.2, 0) is 12.0 Å². The second kappa shape index (κ2) is 4.21. The van der Waals surface area contributed by atoms with Crippen LogP contribution >= 0.6 is 0 Å². The first-order chi connectivity index (χ1) is 7.21. The van der Waals surface area contributed by atoms with Gasteiger partial charge in [0.05, 0.1) is 6.61 Å². The molecule has 0 radical (unpaired) electrons. The Bertz CT molecular complexity index is 379. The molecule has 0 aliphatic carbocycles. The molecule has 0 saturated carbocycles. The van der Waals surface area contributed by atoms with E-state index in [1.54, 1.807) is 0 Å². The second-order valence-corrected chi connectivity index (χ2v) is 5.76. The third kappa shape index (κ3) is 2.01. The van der Waals surface area contributed by atoms with Crippen LogP contribution in [0.1, 0.15) is 54.2 Å². The molecule has 16 heavy (non-hydrogen) atoms. The zero-order valence-corrected chi connectivity index (χ0v) is 11.7. The molecule has 0 fully saturated rings. The molecular formula is C15H24O. The summed E-state index contributed by atoms with van der Waals surface area (Å²) in [5, 5.41) is 9.44. The first kappa shape index (κ1) is 13.2. The Balaban J connectivity index is 3.67. The molecule has 0 aliphatic rings. The van der Waals surface area contributed by atoms with Gasteiger partial charge < -0.3 is 5.11 Å². The molecule has 0 unspecified atom stereocenters. The van der Waals surface area contributed by atoms with Crippen molar-refractivity contribution in [3.63, 3.8) is 0 Å². The molecule has 90 valence electrons. The summed E-state index contributed by atoms with van der Waals surface area (Å²) < 4.78 is 0. The van der Waals surface area contributed by atoms with Gasteiger partial charge in [0.25, 0.3) is 0 Å². The van der Waals surface area contributed by atoms with Crippen molar-refractivity contribution in [1.82, 2.24) is 0 Å². The summed E-state index contributed by atoms with van der Waals surface area (Å²) in [7, 11) is 0. The molecule has 0 aliphatic heterocycles. The van der Waals surface area contributed by atoms with Crippen molar-refractivity contribution < 1.29 is 5.11 Å². The van der Waals surface area contributed by atoms with E-state index in [0.717, 1.165) is 5.56 Å². The van der Waals surface area contributed by atoms with Crippen molar-refractivity contribution in [3.05, 3.63) is 33.4 Å². The molecule has 1 N–H and O–H groups in total. The Morgan fingerprint density at radius 3 is 1.44 bits per heavy atom. The molecule has 0 amide bonds. The van der Waals surface area contributed by atoms with Gasteiger partial charge in [-0.3, -0.25) is 0 Å². The van der Waals surface area contributed by atoms with Crippen molar-refractivity contribution in [1.29, 1.82) is 0 Å². The van der Waals surface area contributed by atoms with Gasteiger partial charge in [-0.05, 0) is 66.5 Å². The number of rotatable bonds is 1. The molecule has 1 nitrogen and oxygen atoms in total. The monoisotopic (exact) mass is 220 g/mol. The molecule has 0 saturated heterocycles. The van der Waals surface area contributed by atoms with Gasteiger partial charge in [0.2, 0.25) is 0 Å². The quantitative estimate of drug-likeness (QED) is 0.765. The molecule has 1 aromatic carbocycles. The minimum absolute atomic E-state index is 0.143. The van der Waals surface area contributed by atoms with E-state index >= 15 is 0 Å². The Morgan fingerprint density at radius 1 is 0.812 bits per heavy atom. The molecule has 0 spiro atoms. The van der Waals surface area contributed by atoms with Crippen LogP contribution in [0.25, 0.3) is 0 Å².